The minimum atomic E-state index is -1.72. The number of imidazole rings is 2. The monoisotopic (exact) mass is 1520 g/mol. The number of carbonyl (C=O) groups is 6. The maximum absolute atomic E-state index is 13.8. The molecule has 0 aliphatic carbocycles. The third kappa shape index (κ3) is 19.9. The number of rotatable bonds is 19. The summed E-state index contributed by atoms with van der Waals surface area (Å²) >= 11 is 2.77. The normalized spacial score (nSPS) is 19.9. The van der Waals surface area contributed by atoms with Crippen molar-refractivity contribution in [1.82, 2.24) is 39.2 Å². The molecule has 27 nitrogen and oxygen atoms in total. The van der Waals surface area contributed by atoms with Crippen molar-refractivity contribution in [2.24, 2.45) is 5.34 Å². The highest BCUT2D eigenvalue weighted by Crippen LogP contribution is 2.49. The predicted octanol–water partition coefficient (Wildman–Crippen LogP) is 13.7. The van der Waals surface area contributed by atoms with Crippen molar-refractivity contribution >= 4 is 76.3 Å². The summed E-state index contributed by atoms with van der Waals surface area (Å²) in [5.41, 5.74) is 11.0. The van der Waals surface area contributed by atoms with Crippen molar-refractivity contribution in [3.05, 3.63) is 248 Å². The van der Waals surface area contributed by atoms with Gasteiger partial charge < -0.3 is 53.2 Å². The first-order valence-corrected chi connectivity index (χ1v) is 37.3. The molecule has 3 saturated heterocycles. The Kier molecular flexibility index (Phi) is 26.5. The third-order valence-corrected chi connectivity index (χ3v) is 19.2. The summed E-state index contributed by atoms with van der Waals surface area (Å²) in [4.78, 5) is 113. The van der Waals surface area contributed by atoms with E-state index in [4.69, 9.17) is 48.4 Å². The molecule has 0 amide bonds. The van der Waals surface area contributed by atoms with Gasteiger partial charge in [-0.25, -0.2) is 57.7 Å². The summed E-state index contributed by atoms with van der Waals surface area (Å²) in [5.74, 6) is -3.43. The number of ether oxygens (including phenoxy) is 9. The van der Waals surface area contributed by atoms with E-state index >= 15 is 0 Å². The molecule has 2 N–H and O–H groups in total. The molecule has 3 aliphatic rings. The average Bonchev–Trinajstić information content (AvgIpc) is 1.59. The topological polar surface area (TPSA) is 336 Å². The number of anilines is 1. The van der Waals surface area contributed by atoms with Crippen LogP contribution in [-0.4, -0.2) is 155 Å². The Bertz CT molecular complexity index is 4840. The van der Waals surface area contributed by atoms with Crippen molar-refractivity contribution in [2.45, 2.75) is 152 Å². The van der Waals surface area contributed by atoms with Gasteiger partial charge in [0.2, 0.25) is 5.95 Å². The summed E-state index contributed by atoms with van der Waals surface area (Å²) < 4.78 is 57.4. The summed E-state index contributed by atoms with van der Waals surface area (Å²) in [5, 5.41) is 12.3. The number of aromatic nitrogens is 8. The summed E-state index contributed by atoms with van der Waals surface area (Å²) in [6.45, 7) is 21.3. The molecule has 0 spiro atoms. The molecule has 13 rings (SSSR count). The minimum Gasteiger partial charge on any atom is -0.459 e. The minimum absolute atomic E-state index is 0.0154. The van der Waals surface area contributed by atoms with E-state index in [1.165, 1.54) is 47.2 Å². The number of hydrogen-bond acceptors (Lipinski definition) is 27. The number of fused-ring (bicyclic) bond motifs is 2. The second-order valence-electron chi connectivity index (χ2n) is 27.5. The lowest BCUT2D eigenvalue weighted by molar-refractivity contribution is -0.0908. The van der Waals surface area contributed by atoms with Gasteiger partial charge in [-0.1, -0.05) is 106 Å². The molecule has 3 aliphatic heterocycles. The summed E-state index contributed by atoms with van der Waals surface area (Å²) in [7, 11) is 0. The Labute approximate surface area is 638 Å². The van der Waals surface area contributed by atoms with Crippen molar-refractivity contribution in [3.8, 4) is 0 Å². The van der Waals surface area contributed by atoms with E-state index in [1.807, 2.05) is 54.1 Å². The second-order valence-corrected chi connectivity index (χ2v) is 29.1. The molecule has 570 valence electrons. The van der Waals surface area contributed by atoms with Crippen molar-refractivity contribution < 1.29 is 76.2 Å². The lowest BCUT2D eigenvalue weighted by Crippen LogP contribution is -2.50. The zero-order valence-corrected chi connectivity index (χ0v) is 64.3. The zero-order valence-electron chi connectivity index (χ0n) is 62.7. The number of carbonyl (C=O) groups excluding carboxylic acids is 6. The van der Waals surface area contributed by atoms with Crippen molar-refractivity contribution in [3.63, 3.8) is 0 Å². The highest BCUT2D eigenvalue weighted by molar-refractivity contribution is 7.99. The van der Waals surface area contributed by atoms with Gasteiger partial charge in [-0.3, -0.25) is 0 Å². The maximum atomic E-state index is 13.8. The van der Waals surface area contributed by atoms with Crippen LogP contribution in [-0.2, 0) is 47.5 Å². The molecule has 0 saturated carbocycles. The van der Waals surface area contributed by atoms with Gasteiger partial charge in [0.25, 0.3) is 0 Å². The lowest BCUT2D eigenvalue weighted by Gasteiger charge is -2.34. The molecular weight excluding hydrogens is 1440 g/mol. The second kappa shape index (κ2) is 35.8. The average molecular weight is 1520 g/mol. The number of nitrogen functional groups attached to an aromatic ring is 1. The first-order chi connectivity index (χ1) is 52.1. The standard InChI is InChI=1S/C36H35N5O7S.C36H34N4O7S.C4H9NO2.C4H8O/c1-20-6-12-23(13-7-20)32(42)45-19-27-28(47-33(43)24-14-8-21(2)9-15-24)36(4,48-34(44)25-16-10-22(3)11-17-25)29(46-27)30-38-18-26-31(49-5)39-35(37)40-41(26)30;1-21-6-12-24(13-7-21)33(41)44-19-28-29(46-34(42)25-14-8-22(2)9-15-25)36(4,47-35(43)26-16-10-23(3)11-17-26)30(45-28)31-37-18-27-32(48-5)38-20-39-40(27)31;1-4(2,3)7-5-6;1-2-4-5-3-1/h6-18,27-29H,19H2,1-5H3,(H2,37,40);6-18,20,28-30H,19H2,1-5H3;1-3H3;1-4H2/t27-,28-,29+,36-;28-,29-,30+,36-;;/m11../s1. The van der Waals surface area contributed by atoms with Crippen LogP contribution in [0.15, 0.2) is 180 Å². The van der Waals surface area contributed by atoms with E-state index in [9.17, 15) is 33.7 Å². The summed E-state index contributed by atoms with van der Waals surface area (Å²) in [6.07, 6.45) is 3.86. The molecule has 3 fully saturated rings. The SMILES string of the molecule is C1CCOC1.CC(C)(C)ON=O.CSc1nc(N)nn2c([C@@H]3O[C@H](COC(=O)c4ccc(C)cc4)[C@@H](OC(=O)c4ccc(C)cc4)[C@@]3(C)OC(=O)c3ccc(C)cc3)ncc12.CSc1ncnn2c([C@@H]3O[C@H](COC(=O)c4ccc(C)cc4)[C@@H](OC(=O)c4ccc(C)cc4)[C@@]3(C)OC(=O)c3ccc(C)cc3)ncc12. The van der Waals surface area contributed by atoms with E-state index in [0.717, 1.165) is 46.6 Å². The Balaban J connectivity index is 0.000000201. The molecule has 7 heterocycles. The van der Waals surface area contributed by atoms with Gasteiger partial charge in [-0.2, -0.15) is 5.10 Å². The van der Waals surface area contributed by atoms with Gasteiger partial charge in [0, 0.05) is 13.2 Å². The van der Waals surface area contributed by atoms with Gasteiger partial charge in [0.15, 0.2) is 52.6 Å². The highest BCUT2D eigenvalue weighted by atomic mass is 32.2. The molecule has 0 unspecified atom stereocenters. The third-order valence-electron chi connectivity index (χ3n) is 17.8. The fourth-order valence-electron chi connectivity index (χ4n) is 11.8. The van der Waals surface area contributed by atoms with Crippen LogP contribution >= 0.6 is 23.5 Å². The van der Waals surface area contributed by atoms with E-state index in [-0.39, 0.29) is 47.5 Å². The fraction of sp³-hybridized carbons (Fsp3) is 0.350. The fourth-order valence-corrected chi connectivity index (χ4v) is 12.8. The van der Waals surface area contributed by atoms with Crippen molar-refractivity contribution in [1.29, 1.82) is 0 Å². The van der Waals surface area contributed by atoms with Crippen LogP contribution in [0.3, 0.4) is 0 Å². The molecular formula is C80H86N10O17S2. The van der Waals surface area contributed by atoms with Crippen LogP contribution in [0.2, 0.25) is 0 Å². The van der Waals surface area contributed by atoms with Crippen LogP contribution < -0.4 is 5.73 Å². The van der Waals surface area contributed by atoms with Gasteiger partial charge in [0.05, 0.1) is 45.8 Å². The number of hydrogen-bond donors (Lipinski definition) is 1. The Hall–Kier alpha value is -11.0. The first kappa shape index (κ1) is 80.6. The number of thioether (sulfide) groups is 2. The molecule has 29 heteroatoms. The Morgan fingerprint density at radius 1 is 0.505 bits per heavy atom. The molecule has 8 atom stereocenters. The van der Waals surface area contributed by atoms with E-state index in [0.29, 0.717) is 37.8 Å². The van der Waals surface area contributed by atoms with Crippen LogP contribution in [0.5, 0.6) is 0 Å². The van der Waals surface area contributed by atoms with E-state index < -0.39 is 89.2 Å². The molecule has 10 aromatic rings. The van der Waals surface area contributed by atoms with Gasteiger partial charge in [0.1, 0.15) is 58.4 Å². The van der Waals surface area contributed by atoms with Gasteiger partial charge >= 0.3 is 35.8 Å². The number of nitrogens with two attached hydrogens (primary N) is 1. The predicted molar refractivity (Wildman–Crippen MR) is 405 cm³/mol. The number of nitrogens with zero attached hydrogens (tertiary/aromatic N) is 9. The largest absolute Gasteiger partial charge is 0.459 e. The number of aryl methyl sites for hydroxylation is 6. The zero-order chi connectivity index (χ0) is 78.3. The van der Waals surface area contributed by atoms with Gasteiger partial charge in [-0.15, -0.1) is 33.5 Å². The van der Waals surface area contributed by atoms with Gasteiger partial charge in [-0.05, 0) is 174 Å². The van der Waals surface area contributed by atoms with Crippen LogP contribution in [0, 0.1) is 46.4 Å². The van der Waals surface area contributed by atoms with E-state index in [1.54, 1.807) is 197 Å². The number of esters is 6. The summed E-state index contributed by atoms with van der Waals surface area (Å²) in [6, 6.07) is 41.3. The Morgan fingerprint density at radius 3 is 1.17 bits per heavy atom. The van der Waals surface area contributed by atoms with Crippen LogP contribution in [0.4, 0.5) is 5.95 Å². The molecule has 6 aromatic carbocycles. The number of benzene rings is 6. The van der Waals surface area contributed by atoms with Crippen LogP contribution in [0.1, 0.15) is 167 Å². The highest BCUT2D eigenvalue weighted by Gasteiger charge is 2.63. The first-order valence-electron chi connectivity index (χ1n) is 34.9. The quantitative estimate of drug-likeness (QED) is 0.0258. The lowest BCUT2D eigenvalue weighted by atomic mass is 9.91. The molecule has 4 aromatic heterocycles. The van der Waals surface area contributed by atoms with Crippen molar-refractivity contribution in [2.75, 3.05) is 44.7 Å². The molecule has 0 bridgehead atoms. The smallest absolute Gasteiger partial charge is 0.338 e. The molecule has 0 radical (unpaired) electrons. The maximum Gasteiger partial charge on any atom is 0.338 e. The molecule has 109 heavy (non-hydrogen) atoms. The van der Waals surface area contributed by atoms with E-state index in [2.05, 4.69) is 40.3 Å². The van der Waals surface area contributed by atoms with Crippen LogP contribution in [0.25, 0.3) is 11.0 Å². The Morgan fingerprint density at radius 2 is 0.844 bits per heavy atom.